The zero-order chi connectivity index (χ0) is 15.6. The van der Waals surface area contributed by atoms with E-state index >= 15 is 0 Å². The van der Waals surface area contributed by atoms with Crippen molar-refractivity contribution >= 4 is 0 Å². The summed E-state index contributed by atoms with van der Waals surface area (Å²) >= 11 is 0. The van der Waals surface area contributed by atoms with Crippen molar-refractivity contribution in [2.24, 2.45) is 0 Å². The molecule has 0 amide bonds. The number of allylic oxidation sites excluding steroid dienone is 8. The third-order valence-corrected chi connectivity index (χ3v) is 3.25. The highest BCUT2D eigenvalue weighted by atomic mass is 16.3. The van der Waals surface area contributed by atoms with Crippen molar-refractivity contribution in [3.05, 3.63) is 60.9 Å². The molecule has 0 radical (unpaired) electrons. The van der Waals surface area contributed by atoms with Gasteiger partial charge in [0, 0.05) is 0 Å². The van der Waals surface area contributed by atoms with Gasteiger partial charge in [-0.1, -0.05) is 94.9 Å². The maximum absolute atomic E-state index is 9.61. The first-order valence-electron chi connectivity index (χ1n) is 8.32. The van der Waals surface area contributed by atoms with Crippen molar-refractivity contribution in [1.82, 2.24) is 0 Å². The molecule has 1 nitrogen and oxygen atoms in total. The van der Waals surface area contributed by atoms with Gasteiger partial charge in [-0.15, -0.1) is 0 Å². The summed E-state index contributed by atoms with van der Waals surface area (Å²) in [7, 11) is 0. The summed E-state index contributed by atoms with van der Waals surface area (Å²) in [4.78, 5) is 0. The fraction of sp³-hybridized carbons (Fsp3) is 0.500. The van der Waals surface area contributed by atoms with Gasteiger partial charge in [0.2, 0.25) is 0 Å². The number of aliphatic hydroxyl groups is 1. The molecule has 0 bridgehead atoms. The van der Waals surface area contributed by atoms with Crippen LogP contribution in [0.3, 0.4) is 0 Å². The summed E-state index contributed by atoms with van der Waals surface area (Å²) in [6, 6.07) is 0. The molecule has 0 unspecified atom stereocenters. The third kappa shape index (κ3) is 16.4. The van der Waals surface area contributed by atoms with Crippen LogP contribution >= 0.6 is 0 Å². The predicted molar refractivity (Wildman–Crippen MR) is 95.6 cm³/mol. The molecule has 0 saturated carbocycles. The summed E-state index contributed by atoms with van der Waals surface area (Å²) in [6.45, 7) is 5.84. The Morgan fingerprint density at radius 1 is 0.857 bits per heavy atom. The van der Waals surface area contributed by atoms with E-state index in [2.05, 4.69) is 19.6 Å². The van der Waals surface area contributed by atoms with E-state index in [4.69, 9.17) is 0 Å². The van der Waals surface area contributed by atoms with Gasteiger partial charge in [0.1, 0.15) is 5.76 Å². The first kappa shape index (κ1) is 19.5. The van der Waals surface area contributed by atoms with Crippen LogP contribution in [-0.4, -0.2) is 5.11 Å². The van der Waals surface area contributed by atoms with Crippen molar-refractivity contribution in [3.8, 4) is 0 Å². The lowest BCUT2D eigenvalue weighted by molar-refractivity contribution is 0.432. The van der Waals surface area contributed by atoms with Crippen LogP contribution in [0.5, 0.6) is 0 Å². The normalized spacial score (nSPS) is 12.9. The first-order chi connectivity index (χ1) is 10.3. The van der Waals surface area contributed by atoms with Gasteiger partial charge >= 0.3 is 0 Å². The molecule has 0 aromatic rings. The van der Waals surface area contributed by atoms with E-state index < -0.39 is 0 Å². The van der Waals surface area contributed by atoms with Crippen LogP contribution in [0, 0.1) is 0 Å². The molecule has 0 aromatic heterocycles. The SMILES string of the molecule is C=CC=CC=CC=C(O)C=CCCCCCCCCCC. The minimum Gasteiger partial charge on any atom is -0.508 e. The van der Waals surface area contributed by atoms with Gasteiger partial charge in [0.25, 0.3) is 0 Å². The molecule has 1 heteroatoms. The highest BCUT2D eigenvalue weighted by Gasteiger charge is 1.90. The highest BCUT2D eigenvalue weighted by Crippen LogP contribution is 2.10. The van der Waals surface area contributed by atoms with Crippen LogP contribution in [-0.2, 0) is 0 Å². The molecule has 0 aliphatic heterocycles. The molecule has 0 rings (SSSR count). The Labute approximate surface area is 131 Å². The van der Waals surface area contributed by atoms with E-state index in [0.29, 0.717) is 5.76 Å². The topological polar surface area (TPSA) is 20.2 Å². The van der Waals surface area contributed by atoms with Crippen LogP contribution in [0.15, 0.2) is 60.9 Å². The lowest BCUT2D eigenvalue weighted by Crippen LogP contribution is -1.80. The monoisotopic (exact) mass is 288 g/mol. The van der Waals surface area contributed by atoms with Gasteiger partial charge in [0.05, 0.1) is 0 Å². The maximum Gasteiger partial charge on any atom is 0.115 e. The molecule has 0 fully saturated rings. The fourth-order valence-corrected chi connectivity index (χ4v) is 2.02. The molecular weight excluding hydrogens is 256 g/mol. The fourth-order valence-electron chi connectivity index (χ4n) is 2.02. The van der Waals surface area contributed by atoms with Crippen molar-refractivity contribution in [3.63, 3.8) is 0 Å². The average Bonchev–Trinajstić information content (AvgIpc) is 2.49. The molecular formula is C20H32O. The van der Waals surface area contributed by atoms with Crippen molar-refractivity contribution in [2.75, 3.05) is 0 Å². The smallest absolute Gasteiger partial charge is 0.115 e. The lowest BCUT2D eigenvalue weighted by Gasteiger charge is -1.99. The summed E-state index contributed by atoms with van der Waals surface area (Å²) in [5.41, 5.74) is 0. The van der Waals surface area contributed by atoms with E-state index in [1.807, 2.05) is 24.3 Å². The summed E-state index contributed by atoms with van der Waals surface area (Å²) < 4.78 is 0. The summed E-state index contributed by atoms with van der Waals surface area (Å²) in [5, 5.41) is 9.61. The van der Waals surface area contributed by atoms with Crippen LogP contribution in [0.25, 0.3) is 0 Å². The van der Waals surface area contributed by atoms with E-state index in [1.54, 1.807) is 18.2 Å². The second kappa shape index (κ2) is 16.6. The Morgan fingerprint density at radius 3 is 2.14 bits per heavy atom. The van der Waals surface area contributed by atoms with Crippen LogP contribution < -0.4 is 0 Å². The van der Waals surface area contributed by atoms with Crippen molar-refractivity contribution in [2.45, 2.75) is 64.7 Å². The van der Waals surface area contributed by atoms with E-state index in [-0.39, 0.29) is 0 Å². The Hall–Kier alpha value is -1.50. The summed E-state index contributed by atoms with van der Waals surface area (Å²) in [5.74, 6) is 0.304. The molecule has 1 N–H and O–H groups in total. The van der Waals surface area contributed by atoms with Gasteiger partial charge < -0.3 is 5.11 Å². The molecule has 0 spiro atoms. The molecule has 0 aromatic carbocycles. The van der Waals surface area contributed by atoms with Gasteiger partial charge in [-0.05, 0) is 25.0 Å². The number of hydrogen-bond acceptors (Lipinski definition) is 1. The van der Waals surface area contributed by atoms with Gasteiger partial charge in [0.15, 0.2) is 0 Å². The van der Waals surface area contributed by atoms with E-state index in [0.717, 1.165) is 6.42 Å². The third-order valence-electron chi connectivity index (χ3n) is 3.25. The van der Waals surface area contributed by atoms with E-state index in [9.17, 15) is 5.11 Å². The van der Waals surface area contributed by atoms with E-state index in [1.165, 1.54) is 51.4 Å². The lowest BCUT2D eigenvalue weighted by atomic mass is 10.1. The minimum absolute atomic E-state index is 0.304. The van der Waals surface area contributed by atoms with Gasteiger partial charge in [-0.2, -0.15) is 0 Å². The molecule has 0 heterocycles. The molecule has 0 saturated heterocycles. The van der Waals surface area contributed by atoms with Gasteiger partial charge in [-0.3, -0.25) is 0 Å². The quantitative estimate of drug-likeness (QED) is 0.224. The minimum atomic E-state index is 0.304. The van der Waals surface area contributed by atoms with Crippen LogP contribution in [0.1, 0.15) is 64.7 Å². The largest absolute Gasteiger partial charge is 0.508 e. The van der Waals surface area contributed by atoms with Crippen molar-refractivity contribution in [1.29, 1.82) is 0 Å². The number of rotatable bonds is 13. The molecule has 0 aliphatic rings. The number of hydrogen-bond donors (Lipinski definition) is 1. The van der Waals surface area contributed by atoms with Crippen LogP contribution in [0.2, 0.25) is 0 Å². The summed E-state index contributed by atoms with van der Waals surface area (Å²) in [6.07, 6.45) is 26.4. The Kier molecular flexibility index (Phi) is 15.4. The molecule has 21 heavy (non-hydrogen) atoms. The Morgan fingerprint density at radius 2 is 1.48 bits per heavy atom. The zero-order valence-electron chi connectivity index (χ0n) is 13.6. The second-order valence-electron chi connectivity index (χ2n) is 5.26. The van der Waals surface area contributed by atoms with Crippen LogP contribution in [0.4, 0.5) is 0 Å². The molecule has 0 atom stereocenters. The Balaban J connectivity index is 3.53. The predicted octanol–water partition coefficient (Wildman–Crippen LogP) is 6.81. The second-order valence-corrected chi connectivity index (χ2v) is 5.26. The number of aliphatic hydroxyl groups excluding tert-OH is 1. The zero-order valence-corrected chi connectivity index (χ0v) is 13.6. The molecule has 118 valence electrons. The maximum atomic E-state index is 9.61. The highest BCUT2D eigenvalue weighted by molar-refractivity contribution is 5.20. The standard InChI is InChI=1S/C20H32O/c1-3-5-7-9-10-11-12-13-15-17-19-20(21)18-16-14-8-6-4-2/h4,6,8,14,16-19,21H,2-3,5,7,9-13,15H2,1H3. The number of unbranched alkanes of at least 4 members (excludes halogenated alkanes) is 8. The van der Waals surface area contributed by atoms with Gasteiger partial charge in [-0.25, -0.2) is 0 Å². The Bertz CT molecular complexity index is 345. The first-order valence-corrected chi connectivity index (χ1v) is 8.32. The van der Waals surface area contributed by atoms with Crippen molar-refractivity contribution < 1.29 is 5.11 Å². The average molecular weight is 288 g/mol. The molecule has 0 aliphatic carbocycles.